The molecule has 2 rings (SSSR count). The van der Waals surface area contributed by atoms with Crippen molar-refractivity contribution in [2.45, 2.75) is 25.4 Å². The van der Waals surface area contributed by atoms with Gasteiger partial charge in [0.15, 0.2) is 0 Å². The molecule has 0 aromatic rings. The summed E-state index contributed by atoms with van der Waals surface area (Å²) in [6.45, 7) is 1.59. The monoisotopic (exact) mass is 211 g/mol. The Morgan fingerprint density at radius 3 is 3.07 bits per heavy atom. The van der Waals surface area contributed by atoms with E-state index in [-0.39, 0.29) is 12.6 Å². The summed E-state index contributed by atoms with van der Waals surface area (Å²) in [4.78, 5) is 0. The fourth-order valence-electron chi connectivity index (χ4n) is 2.33. The zero-order valence-electron chi connectivity index (χ0n) is 8.88. The molecule has 1 saturated heterocycles. The van der Waals surface area contributed by atoms with Crippen LogP contribution in [-0.4, -0.2) is 31.0 Å². The summed E-state index contributed by atoms with van der Waals surface area (Å²) in [7, 11) is 0. The summed E-state index contributed by atoms with van der Waals surface area (Å²) in [5.74, 6) is 0.111. The number of alkyl halides is 1. The van der Waals surface area contributed by atoms with Crippen molar-refractivity contribution in [3.63, 3.8) is 0 Å². The van der Waals surface area contributed by atoms with Crippen LogP contribution in [0.4, 0.5) is 4.39 Å². The first-order chi connectivity index (χ1) is 7.31. The highest BCUT2D eigenvalue weighted by atomic mass is 19.1. The minimum atomic E-state index is -0.409. The average molecular weight is 211 g/mol. The summed E-state index contributed by atoms with van der Waals surface area (Å²) >= 11 is 0. The second-order valence-corrected chi connectivity index (χ2v) is 4.30. The summed E-state index contributed by atoms with van der Waals surface area (Å²) in [6.07, 6.45) is 5.96. The lowest BCUT2D eigenvalue weighted by Crippen LogP contribution is -2.31. The Kier molecular flexibility index (Phi) is 3.54. The van der Waals surface area contributed by atoms with Crippen LogP contribution >= 0.6 is 0 Å². The number of nitrogens with one attached hydrogen (secondary N) is 1. The molecule has 0 amide bonds. The second kappa shape index (κ2) is 4.90. The van der Waals surface area contributed by atoms with Gasteiger partial charge in [0.25, 0.3) is 0 Å². The quantitative estimate of drug-likeness (QED) is 0.742. The summed E-state index contributed by atoms with van der Waals surface area (Å²) in [5, 5.41) is 13.2. The Morgan fingerprint density at radius 1 is 1.40 bits per heavy atom. The van der Waals surface area contributed by atoms with E-state index in [9.17, 15) is 9.50 Å². The maximum Gasteiger partial charge on any atom is 0.0894 e. The van der Waals surface area contributed by atoms with Crippen LogP contribution in [0.2, 0.25) is 0 Å². The lowest BCUT2D eigenvalue weighted by atomic mass is 9.83. The molecule has 0 aromatic carbocycles. The maximum absolute atomic E-state index is 12.1. The molecule has 1 heterocycles. The third kappa shape index (κ3) is 2.47. The van der Waals surface area contributed by atoms with Gasteiger partial charge in [0, 0.05) is 12.5 Å². The number of halogens is 1. The van der Waals surface area contributed by atoms with Crippen molar-refractivity contribution in [2.24, 2.45) is 5.92 Å². The number of aliphatic hydroxyl groups excluding tert-OH is 1. The molecular weight excluding hydrogens is 193 g/mol. The summed E-state index contributed by atoms with van der Waals surface area (Å²) in [6, 6.07) is 0. The number of hydrogen-bond donors (Lipinski definition) is 2. The van der Waals surface area contributed by atoms with Crippen LogP contribution in [0.1, 0.15) is 19.3 Å². The van der Waals surface area contributed by atoms with Crippen LogP contribution in [0.25, 0.3) is 0 Å². The van der Waals surface area contributed by atoms with Crippen LogP contribution in [0.15, 0.2) is 23.3 Å². The molecule has 84 valence electrons. The van der Waals surface area contributed by atoms with Gasteiger partial charge < -0.3 is 10.4 Å². The minimum absolute atomic E-state index is 0.111. The fourth-order valence-corrected chi connectivity index (χ4v) is 2.33. The van der Waals surface area contributed by atoms with Crippen molar-refractivity contribution in [1.82, 2.24) is 5.32 Å². The van der Waals surface area contributed by atoms with E-state index >= 15 is 0 Å². The highest BCUT2D eigenvalue weighted by Gasteiger charge is 2.23. The molecule has 2 N–H and O–H groups in total. The summed E-state index contributed by atoms with van der Waals surface area (Å²) < 4.78 is 12.1. The second-order valence-electron chi connectivity index (χ2n) is 4.30. The van der Waals surface area contributed by atoms with Gasteiger partial charge in [0.2, 0.25) is 0 Å². The Labute approximate surface area is 89.9 Å². The Morgan fingerprint density at radius 2 is 2.27 bits per heavy atom. The Balaban J connectivity index is 2.04. The number of hydrogen-bond acceptors (Lipinski definition) is 2. The van der Waals surface area contributed by atoms with Gasteiger partial charge >= 0.3 is 0 Å². The zero-order valence-corrected chi connectivity index (χ0v) is 8.88. The van der Waals surface area contributed by atoms with E-state index in [0.29, 0.717) is 6.42 Å². The molecule has 0 saturated carbocycles. The zero-order chi connectivity index (χ0) is 10.7. The molecule has 0 aromatic heterocycles. The van der Waals surface area contributed by atoms with Gasteiger partial charge in [-0.05, 0) is 37.0 Å². The summed E-state index contributed by atoms with van der Waals surface area (Å²) in [5.41, 5.74) is 2.58. The van der Waals surface area contributed by atoms with Gasteiger partial charge in [-0.2, -0.15) is 0 Å². The van der Waals surface area contributed by atoms with Crippen molar-refractivity contribution >= 4 is 0 Å². The molecule has 0 radical (unpaired) electrons. The standard InChI is InChI=1S/C12H18FNO/c13-4-1-2-10-6-11-8-14-5-3-9(11)7-12(10)15/h6-7,10,12,14-15H,1-5,8H2. The van der Waals surface area contributed by atoms with Gasteiger partial charge in [0.1, 0.15) is 0 Å². The molecule has 15 heavy (non-hydrogen) atoms. The first-order valence-corrected chi connectivity index (χ1v) is 5.68. The van der Waals surface area contributed by atoms with E-state index in [0.717, 1.165) is 25.9 Å². The first kappa shape index (κ1) is 10.8. The Bertz CT molecular complexity index is 285. The number of fused-ring (bicyclic) bond motifs is 1. The van der Waals surface area contributed by atoms with Crippen LogP contribution in [0.5, 0.6) is 0 Å². The average Bonchev–Trinajstić information content (AvgIpc) is 2.26. The van der Waals surface area contributed by atoms with Crippen LogP contribution in [0, 0.1) is 5.92 Å². The molecular formula is C12H18FNO. The highest BCUT2D eigenvalue weighted by Crippen LogP contribution is 2.29. The van der Waals surface area contributed by atoms with Gasteiger partial charge in [0.05, 0.1) is 12.8 Å². The molecule has 2 atom stereocenters. The minimum Gasteiger partial charge on any atom is -0.388 e. The third-order valence-electron chi connectivity index (χ3n) is 3.20. The SMILES string of the molecule is OC1C=C2CCNCC2=CC1CCCF. The van der Waals surface area contributed by atoms with E-state index in [1.807, 2.05) is 6.08 Å². The first-order valence-electron chi connectivity index (χ1n) is 5.68. The lowest BCUT2D eigenvalue weighted by Gasteiger charge is -2.29. The third-order valence-corrected chi connectivity index (χ3v) is 3.20. The van der Waals surface area contributed by atoms with Crippen LogP contribution in [0.3, 0.4) is 0 Å². The molecule has 0 spiro atoms. The van der Waals surface area contributed by atoms with Gasteiger partial charge in [-0.15, -0.1) is 0 Å². The number of piperidine rings is 1. The van der Waals surface area contributed by atoms with Crippen molar-refractivity contribution in [1.29, 1.82) is 0 Å². The number of rotatable bonds is 3. The topological polar surface area (TPSA) is 32.3 Å². The largest absolute Gasteiger partial charge is 0.388 e. The van der Waals surface area contributed by atoms with Crippen molar-refractivity contribution < 1.29 is 9.50 Å². The normalized spacial score (nSPS) is 30.5. The van der Waals surface area contributed by atoms with Gasteiger partial charge in [-0.3, -0.25) is 4.39 Å². The predicted molar refractivity (Wildman–Crippen MR) is 58.4 cm³/mol. The molecule has 0 bridgehead atoms. The van der Waals surface area contributed by atoms with Crippen LogP contribution < -0.4 is 5.32 Å². The van der Waals surface area contributed by atoms with Gasteiger partial charge in [-0.1, -0.05) is 12.2 Å². The van der Waals surface area contributed by atoms with Gasteiger partial charge in [-0.25, -0.2) is 0 Å². The maximum atomic E-state index is 12.1. The van der Waals surface area contributed by atoms with E-state index < -0.39 is 6.10 Å². The van der Waals surface area contributed by atoms with Crippen molar-refractivity contribution in [3.05, 3.63) is 23.3 Å². The van der Waals surface area contributed by atoms with Crippen molar-refractivity contribution in [2.75, 3.05) is 19.8 Å². The van der Waals surface area contributed by atoms with E-state index in [2.05, 4.69) is 11.4 Å². The fraction of sp³-hybridized carbons (Fsp3) is 0.667. The molecule has 2 nitrogen and oxygen atoms in total. The lowest BCUT2D eigenvalue weighted by molar-refractivity contribution is 0.164. The van der Waals surface area contributed by atoms with E-state index in [1.54, 1.807) is 0 Å². The molecule has 3 heteroatoms. The smallest absolute Gasteiger partial charge is 0.0894 e. The van der Waals surface area contributed by atoms with Crippen LogP contribution in [-0.2, 0) is 0 Å². The van der Waals surface area contributed by atoms with Crippen molar-refractivity contribution in [3.8, 4) is 0 Å². The molecule has 1 aliphatic heterocycles. The molecule has 2 unspecified atom stereocenters. The highest BCUT2D eigenvalue weighted by molar-refractivity contribution is 5.39. The molecule has 1 aliphatic carbocycles. The molecule has 1 fully saturated rings. The number of aliphatic hydroxyl groups is 1. The predicted octanol–water partition coefficient (Wildman–Crippen LogP) is 1.57. The van der Waals surface area contributed by atoms with E-state index in [1.165, 1.54) is 11.1 Å². The van der Waals surface area contributed by atoms with E-state index in [4.69, 9.17) is 0 Å². The molecule has 2 aliphatic rings. The Hall–Kier alpha value is -0.670.